The van der Waals surface area contributed by atoms with Crippen molar-refractivity contribution in [3.05, 3.63) is 72.9 Å². The summed E-state index contributed by atoms with van der Waals surface area (Å²) >= 11 is 1.06. The molecule has 11 nitrogen and oxygen atoms in total. The zero-order chi connectivity index (χ0) is 43.7. The van der Waals surface area contributed by atoms with Gasteiger partial charge in [0.15, 0.2) is 11.6 Å². The smallest absolute Gasteiger partial charge is 0.270 e. The number of aromatic nitrogens is 2. The van der Waals surface area contributed by atoms with Gasteiger partial charge in [-0.15, -0.1) is 4.37 Å². The van der Waals surface area contributed by atoms with E-state index in [-0.39, 0.29) is 30.6 Å². The van der Waals surface area contributed by atoms with E-state index in [1.807, 2.05) is 33.8 Å². The standard InChI is InChI=1S/C47H74N4O7S/c1-11-13-14-15-16-17-18-19-20-21-22-23-24-25-26-27-28-29-30-31-41(53)46(8,9)57-38(3)42(54)47(10,12-2)58-40(36-51(39(4)52)45(5,6)7)37-56-44-43(48-59-49-44)50-32-34-55-35-33-50/h13-14,16-17,19-20,22-23,25-26,28-29,38,40H,11-12,15,18,21,24,27,30-37H2,1-10H3/b14-13-,17-16-,20-19-,23-22-,26-25-,29-28-/t38-,40-,47?/m0/s1. The summed E-state index contributed by atoms with van der Waals surface area (Å²) in [5, 5.41) is 0. The summed E-state index contributed by atoms with van der Waals surface area (Å²) < 4.78 is 33.4. The number of allylic oxidation sites excluding steroid dienone is 12. The molecule has 2 heterocycles. The van der Waals surface area contributed by atoms with Crippen LogP contribution in [0.25, 0.3) is 0 Å². The molecule has 0 aromatic carbocycles. The van der Waals surface area contributed by atoms with E-state index in [0.717, 1.165) is 50.3 Å². The summed E-state index contributed by atoms with van der Waals surface area (Å²) in [6.45, 7) is 20.9. The normalized spacial score (nSPS) is 16.6. The fourth-order valence-corrected chi connectivity index (χ4v) is 6.96. The van der Waals surface area contributed by atoms with Crippen molar-refractivity contribution in [2.75, 3.05) is 44.4 Å². The molecule has 0 radical (unpaired) electrons. The van der Waals surface area contributed by atoms with Crippen LogP contribution in [0, 0.1) is 0 Å². The third kappa shape index (κ3) is 19.5. The van der Waals surface area contributed by atoms with Gasteiger partial charge in [-0.25, -0.2) is 0 Å². The minimum atomic E-state index is -1.30. The molecule has 1 unspecified atom stereocenters. The topological polar surface area (TPSA) is 120 Å². The molecule has 0 bridgehead atoms. The van der Waals surface area contributed by atoms with Crippen LogP contribution >= 0.6 is 11.7 Å². The lowest BCUT2D eigenvalue weighted by molar-refractivity contribution is -0.177. The van der Waals surface area contributed by atoms with Crippen molar-refractivity contribution in [2.24, 2.45) is 0 Å². The van der Waals surface area contributed by atoms with Gasteiger partial charge in [-0.2, -0.15) is 4.37 Å². The van der Waals surface area contributed by atoms with Crippen molar-refractivity contribution in [1.82, 2.24) is 13.6 Å². The summed E-state index contributed by atoms with van der Waals surface area (Å²) in [5.41, 5.74) is -2.99. The van der Waals surface area contributed by atoms with Gasteiger partial charge in [0.1, 0.15) is 30.0 Å². The Morgan fingerprint density at radius 1 is 0.797 bits per heavy atom. The zero-order valence-corrected chi connectivity index (χ0v) is 38.6. The molecule has 3 atom stereocenters. The average molecular weight is 839 g/mol. The quantitative estimate of drug-likeness (QED) is 0.0755. The van der Waals surface area contributed by atoms with Crippen LogP contribution in [0.1, 0.15) is 127 Å². The van der Waals surface area contributed by atoms with Crippen molar-refractivity contribution in [3.63, 3.8) is 0 Å². The molecular formula is C47H74N4O7S. The molecule has 1 aromatic heterocycles. The maximum absolute atomic E-state index is 14.1. The number of morpholine rings is 1. The fourth-order valence-electron chi connectivity index (χ4n) is 6.44. The molecule has 0 aliphatic carbocycles. The number of ether oxygens (including phenoxy) is 4. The molecule has 1 aliphatic rings. The number of amides is 1. The molecule has 330 valence electrons. The number of hydrogen-bond donors (Lipinski definition) is 0. The molecule has 0 N–H and O–H groups in total. The number of rotatable bonds is 28. The van der Waals surface area contributed by atoms with Gasteiger partial charge in [-0.1, -0.05) is 86.8 Å². The highest BCUT2D eigenvalue weighted by atomic mass is 32.1. The highest BCUT2D eigenvalue weighted by molar-refractivity contribution is 6.99. The Morgan fingerprint density at radius 3 is 1.81 bits per heavy atom. The molecule has 1 aliphatic heterocycles. The Balaban J connectivity index is 1.92. The van der Waals surface area contributed by atoms with Crippen LogP contribution in [-0.4, -0.2) is 99.5 Å². The number of carbonyl (C=O) groups is 3. The lowest BCUT2D eigenvalue weighted by Crippen LogP contribution is -2.54. The van der Waals surface area contributed by atoms with Gasteiger partial charge in [0.2, 0.25) is 11.7 Å². The van der Waals surface area contributed by atoms with Gasteiger partial charge < -0.3 is 28.7 Å². The SMILES string of the molecule is CC/C=C\C/C=C\C/C=C\C/C=C\C/C=C\C/C=C\CCC(=O)C(C)(C)O[C@@H](C)C(=O)C(C)(CC)O[C@H](COc1nsnc1N1CCOCC1)CN(C(C)=O)C(C)(C)C. The van der Waals surface area contributed by atoms with E-state index in [4.69, 9.17) is 18.9 Å². The Kier molecular flexibility index (Phi) is 23.7. The largest absolute Gasteiger partial charge is 0.472 e. The Hall–Kier alpha value is -3.71. The maximum Gasteiger partial charge on any atom is 0.270 e. The highest BCUT2D eigenvalue weighted by Crippen LogP contribution is 2.30. The molecule has 1 fully saturated rings. The van der Waals surface area contributed by atoms with Crippen molar-refractivity contribution in [3.8, 4) is 5.88 Å². The number of nitrogens with zero attached hydrogens (tertiary/aromatic N) is 4. The van der Waals surface area contributed by atoms with Gasteiger partial charge in [-0.05, 0) is 99.8 Å². The molecule has 1 aromatic rings. The molecule has 0 saturated carbocycles. The van der Waals surface area contributed by atoms with E-state index in [1.165, 1.54) is 6.92 Å². The second-order valence-corrected chi connectivity index (χ2v) is 17.0. The third-order valence-electron chi connectivity index (χ3n) is 10.0. The van der Waals surface area contributed by atoms with Crippen molar-refractivity contribution in [1.29, 1.82) is 0 Å². The van der Waals surface area contributed by atoms with E-state index in [0.29, 0.717) is 57.3 Å². The zero-order valence-electron chi connectivity index (χ0n) is 37.7. The van der Waals surface area contributed by atoms with E-state index in [1.54, 1.807) is 32.6 Å². The summed E-state index contributed by atoms with van der Waals surface area (Å²) in [7, 11) is 0. The van der Waals surface area contributed by atoms with Gasteiger partial charge in [-0.3, -0.25) is 14.4 Å². The van der Waals surface area contributed by atoms with Crippen molar-refractivity contribution < 1.29 is 33.3 Å². The van der Waals surface area contributed by atoms with Crippen LogP contribution in [-0.2, 0) is 28.6 Å². The summed E-state index contributed by atoms with van der Waals surface area (Å²) in [4.78, 5) is 44.0. The first kappa shape index (κ1) is 51.4. The maximum atomic E-state index is 14.1. The van der Waals surface area contributed by atoms with Crippen molar-refractivity contribution in [2.45, 2.75) is 156 Å². The number of ketones is 2. The van der Waals surface area contributed by atoms with E-state index >= 15 is 0 Å². The van der Waals surface area contributed by atoms with Gasteiger partial charge >= 0.3 is 0 Å². The Labute approximate surface area is 360 Å². The first-order valence-electron chi connectivity index (χ1n) is 21.4. The predicted molar refractivity (Wildman–Crippen MR) is 241 cm³/mol. The van der Waals surface area contributed by atoms with E-state index in [2.05, 4.69) is 87.4 Å². The Morgan fingerprint density at radius 2 is 1.32 bits per heavy atom. The van der Waals surface area contributed by atoms with Crippen LogP contribution in [0.4, 0.5) is 5.82 Å². The highest BCUT2D eigenvalue weighted by Gasteiger charge is 2.42. The third-order valence-corrected chi connectivity index (χ3v) is 10.5. The average Bonchev–Trinajstić information content (AvgIpc) is 3.67. The lowest BCUT2D eigenvalue weighted by atomic mass is 9.92. The summed E-state index contributed by atoms with van der Waals surface area (Å²) in [6, 6.07) is 0. The second kappa shape index (κ2) is 27.2. The number of Topliss-reactive ketones (excluding diaryl/α,β-unsaturated/α-hetero) is 2. The molecule has 59 heavy (non-hydrogen) atoms. The number of carbonyl (C=O) groups excluding carboxylic acids is 3. The predicted octanol–water partition coefficient (Wildman–Crippen LogP) is 9.75. The summed E-state index contributed by atoms with van der Waals surface area (Å²) in [6.07, 6.45) is 31.1. The first-order valence-corrected chi connectivity index (χ1v) is 22.2. The monoisotopic (exact) mass is 839 g/mol. The van der Waals surface area contributed by atoms with Gasteiger partial charge in [0.05, 0.1) is 31.5 Å². The first-order chi connectivity index (χ1) is 28.1. The molecule has 2 rings (SSSR count). The van der Waals surface area contributed by atoms with Gasteiger partial charge in [0.25, 0.3) is 5.88 Å². The van der Waals surface area contributed by atoms with Crippen LogP contribution in [0.3, 0.4) is 0 Å². The molecule has 0 spiro atoms. The van der Waals surface area contributed by atoms with Crippen LogP contribution in [0.15, 0.2) is 72.9 Å². The minimum absolute atomic E-state index is 0.0271. The lowest BCUT2D eigenvalue weighted by Gasteiger charge is -2.40. The number of hydrogen-bond acceptors (Lipinski definition) is 11. The number of anilines is 1. The second-order valence-electron chi connectivity index (χ2n) is 16.4. The van der Waals surface area contributed by atoms with Crippen molar-refractivity contribution >= 4 is 35.0 Å². The molecule has 1 saturated heterocycles. The van der Waals surface area contributed by atoms with Crippen LogP contribution in [0.5, 0.6) is 5.88 Å². The molecular weight excluding hydrogens is 765 g/mol. The van der Waals surface area contributed by atoms with Crippen LogP contribution in [0.2, 0.25) is 0 Å². The van der Waals surface area contributed by atoms with E-state index < -0.39 is 28.9 Å². The van der Waals surface area contributed by atoms with E-state index in [9.17, 15) is 14.4 Å². The minimum Gasteiger partial charge on any atom is -0.472 e. The van der Waals surface area contributed by atoms with Crippen LogP contribution < -0.4 is 9.64 Å². The van der Waals surface area contributed by atoms with Gasteiger partial charge in [0, 0.05) is 32.0 Å². The summed E-state index contributed by atoms with van der Waals surface area (Å²) in [5.74, 6) is 0.511. The molecule has 1 amide bonds. The fraction of sp³-hybridized carbons (Fsp3) is 0.638. The molecule has 12 heteroatoms. The Bertz CT molecular complexity index is 1580.